The van der Waals surface area contributed by atoms with Gasteiger partial charge in [-0.2, -0.15) is 0 Å². The standard InChI is InChI=1S/C13H15N3O/c1-10(17)14-6-3-2-4-11-8-13-12(16-9-11)5-7-15-13/h2,4-5,7-9,15H,3,6H2,1H3,(H,14,17). The van der Waals surface area contributed by atoms with Crippen molar-refractivity contribution in [3.05, 3.63) is 36.2 Å². The number of carbonyl (C=O) groups excluding carboxylic acids is 1. The number of amides is 1. The predicted molar refractivity (Wildman–Crippen MR) is 68.4 cm³/mol. The van der Waals surface area contributed by atoms with Crippen LogP contribution in [0.2, 0.25) is 0 Å². The van der Waals surface area contributed by atoms with Crippen LogP contribution in [-0.2, 0) is 4.79 Å². The Bertz CT molecular complexity index is 542. The summed E-state index contributed by atoms with van der Waals surface area (Å²) in [6.45, 7) is 2.19. The lowest BCUT2D eigenvalue weighted by molar-refractivity contribution is -0.118. The summed E-state index contributed by atoms with van der Waals surface area (Å²) in [5.41, 5.74) is 3.07. The van der Waals surface area contributed by atoms with E-state index in [0.717, 1.165) is 23.0 Å². The van der Waals surface area contributed by atoms with Gasteiger partial charge in [0.15, 0.2) is 0 Å². The highest BCUT2D eigenvalue weighted by Crippen LogP contribution is 2.11. The molecule has 0 bridgehead atoms. The van der Waals surface area contributed by atoms with Gasteiger partial charge in [-0.05, 0) is 24.1 Å². The maximum Gasteiger partial charge on any atom is 0.216 e. The van der Waals surface area contributed by atoms with Gasteiger partial charge in [0.25, 0.3) is 0 Å². The highest BCUT2D eigenvalue weighted by atomic mass is 16.1. The number of nitrogens with zero attached hydrogens (tertiary/aromatic N) is 1. The van der Waals surface area contributed by atoms with Gasteiger partial charge in [-0.1, -0.05) is 12.2 Å². The lowest BCUT2D eigenvalue weighted by Gasteiger charge is -1.97. The van der Waals surface area contributed by atoms with E-state index in [0.29, 0.717) is 6.54 Å². The van der Waals surface area contributed by atoms with E-state index in [4.69, 9.17) is 0 Å². The third-order valence-corrected chi connectivity index (χ3v) is 2.41. The molecule has 4 heteroatoms. The van der Waals surface area contributed by atoms with Gasteiger partial charge in [-0.25, -0.2) is 0 Å². The van der Waals surface area contributed by atoms with Crippen LogP contribution in [0.25, 0.3) is 17.1 Å². The Morgan fingerprint density at radius 1 is 1.59 bits per heavy atom. The largest absolute Gasteiger partial charge is 0.360 e. The minimum Gasteiger partial charge on any atom is -0.360 e. The minimum absolute atomic E-state index is 0.00729. The van der Waals surface area contributed by atoms with Gasteiger partial charge in [-0.15, -0.1) is 0 Å². The van der Waals surface area contributed by atoms with Gasteiger partial charge in [0.1, 0.15) is 0 Å². The molecule has 2 heterocycles. The Hall–Kier alpha value is -2.10. The van der Waals surface area contributed by atoms with Crippen molar-refractivity contribution in [3.63, 3.8) is 0 Å². The summed E-state index contributed by atoms with van der Waals surface area (Å²) in [6, 6.07) is 4.00. The van der Waals surface area contributed by atoms with Crippen LogP contribution in [-0.4, -0.2) is 22.4 Å². The van der Waals surface area contributed by atoms with Crippen LogP contribution in [0.4, 0.5) is 0 Å². The topological polar surface area (TPSA) is 57.8 Å². The average molecular weight is 229 g/mol. The van der Waals surface area contributed by atoms with Crippen molar-refractivity contribution >= 4 is 23.0 Å². The van der Waals surface area contributed by atoms with Gasteiger partial charge < -0.3 is 10.3 Å². The molecule has 2 rings (SSSR count). The smallest absolute Gasteiger partial charge is 0.216 e. The SMILES string of the molecule is CC(=O)NCCC=Cc1cnc2cc[nH]c2c1. The highest BCUT2D eigenvalue weighted by molar-refractivity contribution is 5.77. The van der Waals surface area contributed by atoms with Crippen molar-refractivity contribution < 1.29 is 4.79 Å². The van der Waals surface area contributed by atoms with Gasteiger partial charge in [0.05, 0.1) is 11.0 Å². The van der Waals surface area contributed by atoms with Crippen LogP contribution in [0.15, 0.2) is 30.6 Å². The van der Waals surface area contributed by atoms with Crippen molar-refractivity contribution in [1.29, 1.82) is 0 Å². The van der Waals surface area contributed by atoms with Gasteiger partial charge in [0.2, 0.25) is 5.91 Å². The quantitative estimate of drug-likeness (QED) is 0.789. The number of pyridine rings is 1. The number of carbonyl (C=O) groups is 1. The first-order chi connectivity index (χ1) is 8.25. The fourth-order valence-electron chi connectivity index (χ4n) is 1.59. The fourth-order valence-corrected chi connectivity index (χ4v) is 1.59. The first kappa shape index (κ1) is 11.4. The predicted octanol–water partition coefficient (Wildman–Crippen LogP) is 2.10. The zero-order chi connectivity index (χ0) is 12.1. The maximum absolute atomic E-state index is 10.6. The summed E-state index contributed by atoms with van der Waals surface area (Å²) >= 11 is 0. The normalized spacial score (nSPS) is 11.1. The summed E-state index contributed by atoms with van der Waals surface area (Å²) in [4.78, 5) is 18.1. The number of H-pyrrole nitrogens is 1. The fraction of sp³-hybridized carbons (Fsp3) is 0.231. The lowest BCUT2D eigenvalue weighted by Crippen LogP contribution is -2.20. The van der Waals surface area contributed by atoms with E-state index in [1.807, 2.05) is 30.6 Å². The molecule has 2 aromatic heterocycles. The van der Waals surface area contributed by atoms with E-state index in [1.165, 1.54) is 6.92 Å². The van der Waals surface area contributed by atoms with Crippen molar-refractivity contribution in [1.82, 2.24) is 15.3 Å². The Balaban J connectivity index is 1.93. The Labute approximate surface area is 99.8 Å². The van der Waals surface area contributed by atoms with Crippen LogP contribution < -0.4 is 5.32 Å². The Morgan fingerprint density at radius 2 is 2.47 bits per heavy atom. The number of aromatic amines is 1. The molecule has 0 aliphatic heterocycles. The molecule has 0 saturated heterocycles. The van der Waals surface area contributed by atoms with E-state index >= 15 is 0 Å². The van der Waals surface area contributed by atoms with Crippen LogP contribution in [0.1, 0.15) is 18.9 Å². The van der Waals surface area contributed by atoms with Gasteiger partial charge >= 0.3 is 0 Å². The highest BCUT2D eigenvalue weighted by Gasteiger charge is 1.95. The molecule has 0 radical (unpaired) electrons. The summed E-state index contributed by atoms with van der Waals surface area (Å²) in [7, 11) is 0. The third kappa shape index (κ3) is 3.17. The van der Waals surface area contributed by atoms with E-state index in [9.17, 15) is 4.79 Å². The first-order valence-electron chi connectivity index (χ1n) is 5.60. The average Bonchev–Trinajstić information content (AvgIpc) is 2.75. The van der Waals surface area contributed by atoms with E-state index < -0.39 is 0 Å². The molecular formula is C13H15N3O. The number of hydrogen-bond acceptors (Lipinski definition) is 2. The van der Waals surface area contributed by atoms with Gasteiger partial charge in [-0.3, -0.25) is 9.78 Å². The first-order valence-corrected chi connectivity index (χ1v) is 5.60. The summed E-state index contributed by atoms with van der Waals surface area (Å²) < 4.78 is 0. The van der Waals surface area contributed by atoms with Crippen LogP contribution in [0.3, 0.4) is 0 Å². The molecule has 1 amide bonds. The second-order valence-electron chi connectivity index (χ2n) is 3.85. The zero-order valence-electron chi connectivity index (χ0n) is 9.73. The molecule has 0 saturated carbocycles. The van der Waals surface area contributed by atoms with Crippen LogP contribution >= 0.6 is 0 Å². The number of fused-ring (bicyclic) bond motifs is 1. The molecular weight excluding hydrogens is 214 g/mol. The minimum atomic E-state index is 0.00729. The van der Waals surface area contributed by atoms with Crippen molar-refractivity contribution in [2.45, 2.75) is 13.3 Å². The maximum atomic E-state index is 10.6. The Kier molecular flexibility index (Phi) is 3.55. The molecule has 0 atom stereocenters. The second kappa shape index (κ2) is 5.30. The van der Waals surface area contributed by atoms with E-state index in [1.54, 1.807) is 0 Å². The number of aromatic nitrogens is 2. The number of nitrogens with one attached hydrogen (secondary N) is 2. The monoisotopic (exact) mass is 229 g/mol. The molecule has 0 fully saturated rings. The molecule has 0 aromatic carbocycles. The van der Waals surface area contributed by atoms with Crippen molar-refractivity contribution in [2.24, 2.45) is 0 Å². The van der Waals surface area contributed by atoms with Crippen molar-refractivity contribution in [2.75, 3.05) is 6.54 Å². The zero-order valence-corrected chi connectivity index (χ0v) is 9.73. The number of rotatable bonds is 4. The van der Waals surface area contributed by atoms with E-state index in [2.05, 4.69) is 21.4 Å². The molecule has 0 aliphatic carbocycles. The van der Waals surface area contributed by atoms with E-state index in [-0.39, 0.29) is 5.91 Å². The number of hydrogen-bond donors (Lipinski definition) is 2. The van der Waals surface area contributed by atoms with Crippen LogP contribution in [0.5, 0.6) is 0 Å². The molecule has 0 spiro atoms. The molecule has 17 heavy (non-hydrogen) atoms. The summed E-state index contributed by atoms with van der Waals surface area (Å²) in [5.74, 6) is 0.00729. The molecule has 88 valence electrons. The molecule has 2 N–H and O–H groups in total. The Morgan fingerprint density at radius 3 is 3.29 bits per heavy atom. The third-order valence-electron chi connectivity index (χ3n) is 2.41. The summed E-state index contributed by atoms with van der Waals surface area (Å²) in [6.07, 6.45) is 8.58. The van der Waals surface area contributed by atoms with Gasteiger partial charge in [0, 0.05) is 25.9 Å². The van der Waals surface area contributed by atoms with Crippen molar-refractivity contribution in [3.8, 4) is 0 Å². The van der Waals surface area contributed by atoms with Crippen LogP contribution in [0, 0.1) is 0 Å². The molecule has 4 nitrogen and oxygen atoms in total. The summed E-state index contributed by atoms with van der Waals surface area (Å²) in [5, 5.41) is 2.75. The molecule has 2 aromatic rings. The second-order valence-corrected chi connectivity index (χ2v) is 3.85. The molecule has 0 unspecified atom stereocenters. The molecule has 0 aliphatic rings. The lowest BCUT2D eigenvalue weighted by atomic mass is 10.2.